The Labute approximate surface area is 194 Å². The average molecular weight is 453 g/mol. The molecule has 33 heavy (non-hydrogen) atoms. The van der Waals surface area contributed by atoms with Gasteiger partial charge >= 0.3 is 0 Å². The van der Waals surface area contributed by atoms with Crippen LogP contribution in [0.5, 0.6) is 17.2 Å². The summed E-state index contributed by atoms with van der Waals surface area (Å²) in [5.74, 6) is 1.90. The maximum Gasteiger partial charge on any atom is 0.252 e. The number of aryl methyl sites for hydroxylation is 1. The minimum atomic E-state index is -0.213. The predicted octanol–water partition coefficient (Wildman–Crippen LogP) is 3.76. The number of carbonyl (C=O) groups is 1. The highest BCUT2D eigenvalue weighted by molar-refractivity contribution is 5.95. The van der Waals surface area contributed by atoms with Gasteiger partial charge in [0.25, 0.3) is 5.91 Å². The molecule has 4 rings (SSSR count). The van der Waals surface area contributed by atoms with Gasteiger partial charge in [0.2, 0.25) is 0 Å². The molecule has 2 aromatic carbocycles. The summed E-state index contributed by atoms with van der Waals surface area (Å²) >= 11 is 0. The molecule has 8 heteroatoms. The van der Waals surface area contributed by atoms with E-state index in [4.69, 9.17) is 14.2 Å². The molecule has 1 aliphatic heterocycles. The van der Waals surface area contributed by atoms with Crippen molar-refractivity contribution in [2.75, 3.05) is 20.3 Å². The number of fused-ring (bicyclic) bond motifs is 1. The first-order chi connectivity index (χ1) is 16.1. The van der Waals surface area contributed by atoms with Crippen molar-refractivity contribution in [1.82, 2.24) is 20.7 Å². The first kappa shape index (κ1) is 22.9. The van der Waals surface area contributed by atoms with Crippen LogP contribution in [0.4, 0.5) is 0 Å². The molecule has 1 amide bonds. The maximum absolute atomic E-state index is 12.9. The molecule has 1 fully saturated rings. The van der Waals surface area contributed by atoms with Gasteiger partial charge in [0.15, 0.2) is 11.5 Å². The lowest BCUT2D eigenvalue weighted by atomic mass is 10.1. The molecule has 3 N–H and O–H groups in total. The van der Waals surface area contributed by atoms with E-state index in [9.17, 15) is 4.79 Å². The molecule has 0 saturated carbocycles. The Balaban J connectivity index is 1.49. The van der Waals surface area contributed by atoms with Crippen LogP contribution in [0.1, 0.15) is 49.3 Å². The summed E-state index contributed by atoms with van der Waals surface area (Å²) in [5.41, 5.74) is 9.38. The van der Waals surface area contributed by atoms with Crippen molar-refractivity contribution in [2.45, 2.75) is 45.9 Å². The van der Waals surface area contributed by atoms with Crippen LogP contribution in [-0.2, 0) is 6.54 Å². The molecule has 1 aliphatic rings. The minimum absolute atomic E-state index is 0.0478. The Morgan fingerprint density at radius 3 is 2.55 bits per heavy atom. The average Bonchev–Trinajstić information content (AvgIpc) is 3.44. The van der Waals surface area contributed by atoms with Crippen LogP contribution in [0.25, 0.3) is 10.9 Å². The zero-order valence-electron chi connectivity index (χ0n) is 19.6. The second-order valence-corrected chi connectivity index (χ2v) is 7.84. The van der Waals surface area contributed by atoms with Crippen molar-refractivity contribution in [1.29, 1.82) is 0 Å². The number of hydrogen-bond acceptors (Lipinski definition) is 6. The van der Waals surface area contributed by atoms with E-state index in [1.54, 1.807) is 25.3 Å². The Bertz CT molecular complexity index is 1130. The number of carbonyl (C=O) groups excluding carboxylic acids is 1. The topological polar surface area (TPSA) is 85.8 Å². The normalized spacial score (nSPS) is 17.8. The van der Waals surface area contributed by atoms with E-state index in [0.717, 1.165) is 28.9 Å². The van der Waals surface area contributed by atoms with Crippen molar-refractivity contribution in [3.05, 3.63) is 53.7 Å². The molecule has 0 bridgehead atoms. The van der Waals surface area contributed by atoms with Crippen molar-refractivity contribution < 1.29 is 19.0 Å². The highest BCUT2D eigenvalue weighted by atomic mass is 16.5. The number of hydrogen-bond donors (Lipinski definition) is 3. The number of aromatic nitrogens is 1. The van der Waals surface area contributed by atoms with Crippen LogP contribution in [0.2, 0.25) is 0 Å². The SMILES string of the molecule is CCOc1ccc(C(=O)NC2CC(c3cc4c(OC)cccc4n3CC)NN2)cc1OCC. The molecular formula is C25H32N4O4. The summed E-state index contributed by atoms with van der Waals surface area (Å²) < 4.78 is 19.1. The number of hydrazine groups is 1. The summed E-state index contributed by atoms with van der Waals surface area (Å²) in [4.78, 5) is 12.9. The fourth-order valence-electron chi connectivity index (χ4n) is 4.38. The van der Waals surface area contributed by atoms with Gasteiger partial charge in [0.1, 0.15) is 5.75 Å². The second-order valence-electron chi connectivity index (χ2n) is 7.84. The van der Waals surface area contributed by atoms with Crippen LogP contribution in [0, 0.1) is 0 Å². The highest BCUT2D eigenvalue weighted by Crippen LogP contribution is 2.33. The quantitative estimate of drug-likeness (QED) is 0.458. The molecule has 3 aromatic rings. The fraction of sp³-hybridized carbons (Fsp3) is 0.400. The van der Waals surface area contributed by atoms with Crippen LogP contribution in [0.15, 0.2) is 42.5 Å². The van der Waals surface area contributed by atoms with Gasteiger partial charge in [0, 0.05) is 29.6 Å². The molecule has 2 heterocycles. The summed E-state index contributed by atoms with van der Waals surface area (Å²) in [6.07, 6.45) is 0.495. The lowest BCUT2D eigenvalue weighted by Gasteiger charge is -2.15. The fourth-order valence-corrected chi connectivity index (χ4v) is 4.38. The molecular weight excluding hydrogens is 420 g/mol. The van der Waals surface area contributed by atoms with E-state index in [2.05, 4.69) is 39.8 Å². The van der Waals surface area contributed by atoms with E-state index >= 15 is 0 Å². The van der Waals surface area contributed by atoms with Gasteiger partial charge in [0.05, 0.1) is 38.0 Å². The van der Waals surface area contributed by atoms with E-state index in [1.807, 2.05) is 26.0 Å². The van der Waals surface area contributed by atoms with Gasteiger partial charge in [-0.3, -0.25) is 4.79 Å². The number of benzene rings is 2. The molecule has 0 aliphatic carbocycles. The number of nitrogens with zero attached hydrogens (tertiary/aromatic N) is 1. The van der Waals surface area contributed by atoms with Crippen LogP contribution >= 0.6 is 0 Å². The van der Waals surface area contributed by atoms with Gasteiger partial charge in [-0.15, -0.1) is 0 Å². The summed E-state index contributed by atoms with van der Waals surface area (Å²) in [6, 6.07) is 13.6. The van der Waals surface area contributed by atoms with E-state index in [0.29, 0.717) is 36.7 Å². The standard InChI is InChI=1S/C25H32N4O4/c1-5-29-19-9-8-10-21(31-4)17(19)14-20(29)18-15-24(28-27-18)26-25(30)16-11-12-22(32-6-2)23(13-16)33-7-3/h8-14,18,24,27-28H,5-7,15H2,1-4H3,(H,26,30). The van der Waals surface area contributed by atoms with Crippen LogP contribution in [0.3, 0.4) is 0 Å². The molecule has 1 saturated heterocycles. The zero-order valence-corrected chi connectivity index (χ0v) is 19.6. The molecule has 1 aromatic heterocycles. The second kappa shape index (κ2) is 10.1. The summed E-state index contributed by atoms with van der Waals surface area (Å²) in [5, 5.41) is 4.15. The number of ether oxygens (including phenoxy) is 3. The molecule has 8 nitrogen and oxygen atoms in total. The number of amides is 1. The lowest BCUT2D eigenvalue weighted by molar-refractivity contribution is 0.0931. The Morgan fingerprint density at radius 1 is 1.03 bits per heavy atom. The summed E-state index contributed by atoms with van der Waals surface area (Å²) in [7, 11) is 1.69. The number of rotatable bonds is 9. The Kier molecular flexibility index (Phi) is 7.05. The molecule has 2 atom stereocenters. The van der Waals surface area contributed by atoms with Crippen molar-refractivity contribution in [2.24, 2.45) is 0 Å². The maximum atomic E-state index is 12.9. The predicted molar refractivity (Wildman–Crippen MR) is 128 cm³/mol. The molecule has 0 radical (unpaired) electrons. The minimum Gasteiger partial charge on any atom is -0.496 e. The van der Waals surface area contributed by atoms with E-state index < -0.39 is 0 Å². The van der Waals surface area contributed by atoms with Gasteiger partial charge in [-0.05, 0) is 57.2 Å². The zero-order chi connectivity index (χ0) is 23.4. The molecule has 2 unspecified atom stereocenters. The van der Waals surface area contributed by atoms with Crippen molar-refractivity contribution >= 4 is 16.8 Å². The third-order valence-corrected chi connectivity index (χ3v) is 5.85. The van der Waals surface area contributed by atoms with Crippen molar-refractivity contribution in [3.63, 3.8) is 0 Å². The van der Waals surface area contributed by atoms with Gasteiger partial charge in [-0.25, -0.2) is 10.9 Å². The van der Waals surface area contributed by atoms with E-state index in [-0.39, 0.29) is 18.1 Å². The first-order valence-corrected chi connectivity index (χ1v) is 11.5. The van der Waals surface area contributed by atoms with Gasteiger partial charge in [-0.2, -0.15) is 0 Å². The van der Waals surface area contributed by atoms with Gasteiger partial charge < -0.3 is 24.1 Å². The van der Waals surface area contributed by atoms with Crippen molar-refractivity contribution in [3.8, 4) is 17.2 Å². The first-order valence-electron chi connectivity index (χ1n) is 11.5. The van der Waals surface area contributed by atoms with Crippen LogP contribution < -0.4 is 30.4 Å². The molecule has 176 valence electrons. The Hall–Kier alpha value is -3.23. The number of methoxy groups -OCH3 is 1. The smallest absolute Gasteiger partial charge is 0.252 e. The highest BCUT2D eigenvalue weighted by Gasteiger charge is 2.29. The molecule has 0 spiro atoms. The number of nitrogens with one attached hydrogen (secondary N) is 3. The van der Waals surface area contributed by atoms with Crippen LogP contribution in [-0.4, -0.2) is 37.0 Å². The Morgan fingerprint density at radius 2 is 1.82 bits per heavy atom. The van der Waals surface area contributed by atoms with Gasteiger partial charge in [-0.1, -0.05) is 6.07 Å². The monoisotopic (exact) mass is 452 g/mol. The van der Waals surface area contributed by atoms with E-state index in [1.165, 1.54) is 0 Å². The third kappa shape index (κ3) is 4.62. The summed E-state index contributed by atoms with van der Waals surface area (Å²) in [6.45, 7) is 7.82. The third-order valence-electron chi connectivity index (χ3n) is 5.85. The largest absolute Gasteiger partial charge is 0.496 e. The lowest BCUT2D eigenvalue weighted by Crippen LogP contribution is -2.44.